The number of hydrogen-bond donors (Lipinski definition) is 1. The zero-order valence-electron chi connectivity index (χ0n) is 11.2. The number of aryl methyl sites for hydroxylation is 2. The van der Waals surface area contributed by atoms with Gasteiger partial charge in [0.25, 0.3) is 5.91 Å². The third-order valence-corrected chi connectivity index (χ3v) is 3.80. The predicted molar refractivity (Wildman–Crippen MR) is 81.3 cm³/mol. The minimum absolute atomic E-state index is 0.226. The van der Waals surface area contributed by atoms with Gasteiger partial charge in [0.05, 0.1) is 10.2 Å². The van der Waals surface area contributed by atoms with Gasteiger partial charge in [-0.25, -0.2) is 9.97 Å². The second-order valence-corrected chi connectivity index (χ2v) is 5.64. The number of carbonyl (C=O) groups excluding carboxylic acids is 1. The average molecular weight is 283 g/mol. The molecule has 0 aliphatic carbocycles. The number of benzene rings is 1. The first-order valence-electron chi connectivity index (χ1n) is 6.24. The van der Waals surface area contributed by atoms with Crippen LogP contribution in [0.15, 0.2) is 36.4 Å². The molecule has 1 amide bonds. The zero-order valence-corrected chi connectivity index (χ0v) is 12.0. The molecule has 0 aliphatic heterocycles. The molecule has 0 aliphatic rings. The van der Waals surface area contributed by atoms with Gasteiger partial charge >= 0.3 is 0 Å². The molecular weight excluding hydrogens is 270 g/mol. The molecular formula is C15H13N3OS. The van der Waals surface area contributed by atoms with Crippen molar-refractivity contribution in [3.8, 4) is 0 Å². The van der Waals surface area contributed by atoms with Crippen LogP contribution >= 0.6 is 11.3 Å². The Kier molecular flexibility index (Phi) is 3.20. The van der Waals surface area contributed by atoms with E-state index in [1.165, 1.54) is 11.3 Å². The quantitative estimate of drug-likeness (QED) is 0.782. The number of amides is 1. The van der Waals surface area contributed by atoms with Crippen molar-refractivity contribution in [2.75, 3.05) is 5.32 Å². The summed E-state index contributed by atoms with van der Waals surface area (Å²) in [7, 11) is 0. The monoisotopic (exact) mass is 283 g/mol. The van der Waals surface area contributed by atoms with E-state index in [1.54, 1.807) is 6.07 Å². The van der Waals surface area contributed by atoms with Crippen molar-refractivity contribution in [3.63, 3.8) is 0 Å². The van der Waals surface area contributed by atoms with Crippen LogP contribution in [0.3, 0.4) is 0 Å². The van der Waals surface area contributed by atoms with E-state index >= 15 is 0 Å². The summed E-state index contributed by atoms with van der Waals surface area (Å²) in [5, 5.41) is 3.40. The third-order valence-electron chi connectivity index (χ3n) is 2.84. The van der Waals surface area contributed by atoms with Gasteiger partial charge in [-0.15, -0.1) is 0 Å². The van der Waals surface area contributed by atoms with Gasteiger partial charge in [0.1, 0.15) is 5.69 Å². The average Bonchev–Trinajstić information content (AvgIpc) is 2.79. The summed E-state index contributed by atoms with van der Waals surface area (Å²) < 4.78 is 1.05. The third kappa shape index (κ3) is 2.53. The van der Waals surface area contributed by atoms with Crippen LogP contribution in [-0.2, 0) is 0 Å². The molecule has 20 heavy (non-hydrogen) atoms. The zero-order chi connectivity index (χ0) is 14.1. The first-order chi connectivity index (χ1) is 9.61. The lowest BCUT2D eigenvalue weighted by Gasteiger charge is -2.03. The molecule has 0 fully saturated rings. The van der Waals surface area contributed by atoms with E-state index in [9.17, 15) is 4.79 Å². The molecule has 5 heteroatoms. The van der Waals surface area contributed by atoms with Gasteiger partial charge in [-0.2, -0.15) is 0 Å². The molecule has 2 heterocycles. The molecule has 0 unspecified atom stereocenters. The molecule has 3 aromatic rings. The van der Waals surface area contributed by atoms with E-state index in [-0.39, 0.29) is 5.91 Å². The first kappa shape index (κ1) is 12.7. The highest BCUT2D eigenvalue weighted by molar-refractivity contribution is 7.22. The molecule has 1 aromatic carbocycles. The van der Waals surface area contributed by atoms with E-state index < -0.39 is 0 Å². The number of nitrogens with one attached hydrogen (secondary N) is 1. The normalized spacial score (nSPS) is 10.7. The Balaban J connectivity index is 1.88. The fourth-order valence-corrected chi connectivity index (χ4v) is 2.91. The molecule has 0 saturated heterocycles. The van der Waals surface area contributed by atoms with Crippen molar-refractivity contribution < 1.29 is 4.79 Å². The largest absolute Gasteiger partial charge is 0.296 e. The van der Waals surface area contributed by atoms with E-state index in [0.29, 0.717) is 10.8 Å². The topological polar surface area (TPSA) is 54.9 Å². The predicted octanol–water partition coefficient (Wildman–Crippen LogP) is 3.56. The summed E-state index contributed by atoms with van der Waals surface area (Å²) in [5.74, 6) is -0.226. The van der Waals surface area contributed by atoms with Crippen molar-refractivity contribution in [1.82, 2.24) is 9.97 Å². The molecule has 0 spiro atoms. The van der Waals surface area contributed by atoms with Gasteiger partial charge in [0, 0.05) is 5.69 Å². The van der Waals surface area contributed by atoms with Crippen LogP contribution in [0.1, 0.15) is 21.7 Å². The minimum Gasteiger partial charge on any atom is -0.296 e. The molecule has 0 radical (unpaired) electrons. The van der Waals surface area contributed by atoms with Crippen LogP contribution in [0.2, 0.25) is 0 Å². The Morgan fingerprint density at radius 2 is 1.95 bits per heavy atom. The van der Waals surface area contributed by atoms with Crippen LogP contribution in [0.25, 0.3) is 10.2 Å². The summed E-state index contributed by atoms with van der Waals surface area (Å²) in [4.78, 5) is 20.8. The number of rotatable bonds is 2. The van der Waals surface area contributed by atoms with Crippen molar-refractivity contribution in [1.29, 1.82) is 0 Å². The van der Waals surface area contributed by atoms with Gasteiger partial charge in [-0.3, -0.25) is 10.1 Å². The molecule has 2 aromatic heterocycles. The van der Waals surface area contributed by atoms with Gasteiger partial charge in [0.2, 0.25) is 0 Å². The number of anilines is 1. The lowest BCUT2D eigenvalue weighted by molar-refractivity contribution is 0.102. The molecule has 1 N–H and O–H groups in total. The highest BCUT2D eigenvalue weighted by atomic mass is 32.1. The first-order valence-corrected chi connectivity index (χ1v) is 7.06. The number of fused-ring (bicyclic) bond motifs is 1. The molecule has 3 rings (SSSR count). The summed E-state index contributed by atoms with van der Waals surface area (Å²) in [6, 6.07) is 11.5. The Morgan fingerprint density at radius 1 is 1.15 bits per heavy atom. The van der Waals surface area contributed by atoms with E-state index in [1.807, 2.05) is 44.2 Å². The molecule has 0 saturated carbocycles. The van der Waals surface area contributed by atoms with Crippen LogP contribution in [0.5, 0.6) is 0 Å². The summed E-state index contributed by atoms with van der Waals surface area (Å²) in [6.45, 7) is 3.82. The fourth-order valence-electron chi connectivity index (χ4n) is 2.04. The maximum Gasteiger partial charge on any atom is 0.276 e. The Hall–Kier alpha value is -2.27. The SMILES string of the molecule is Cc1cc(C)nc(C(=O)Nc2nc3ccccc3s2)c1. The van der Waals surface area contributed by atoms with E-state index in [2.05, 4.69) is 15.3 Å². The van der Waals surface area contributed by atoms with Crippen molar-refractivity contribution in [2.45, 2.75) is 13.8 Å². The van der Waals surface area contributed by atoms with Crippen molar-refractivity contribution in [2.24, 2.45) is 0 Å². The van der Waals surface area contributed by atoms with Crippen molar-refractivity contribution >= 4 is 32.6 Å². The summed E-state index contributed by atoms with van der Waals surface area (Å²) >= 11 is 1.46. The molecule has 0 atom stereocenters. The number of pyridine rings is 1. The minimum atomic E-state index is -0.226. The summed E-state index contributed by atoms with van der Waals surface area (Å²) in [6.07, 6.45) is 0. The van der Waals surface area contributed by atoms with Gasteiger partial charge < -0.3 is 0 Å². The molecule has 100 valence electrons. The Morgan fingerprint density at radius 3 is 2.70 bits per heavy atom. The highest BCUT2D eigenvalue weighted by Gasteiger charge is 2.11. The maximum atomic E-state index is 12.2. The van der Waals surface area contributed by atoms with Gasteiger partial charge in [-0.1, -0.05) is 23.5 Å². The number of nitrogens with zero attached hydrogens (tertiary/aromatic N) is 2. The van der Waals surface area contributed by atoms with E-state index in [4.69, 9.17) is 0 Å². The van der Waals surface area contributed by atoms with Crippen LogP contribution in [0, 0.1) is 13.8 Å². The van der Waals surface area contributed by atoms with Crippen LogP contribution < -0.4 is 5.32 Å². The molecule has 4 nitrogen and oxygen atoms in total. The number of carbonyl (C=O) groups is 1. The second kappa shape index (κ2) is 5.02. The standard InChI is InChI=1S/C15H13N3OS/c1-9-7-10(2)16-12(8-9)14(19)18-15-17-11-5-3-4-6-13(11)20-15/h3-8H,1-2H3,(H,17,18,19). The van der Waals surface area contributed by atoms with Gasteiger partial charge in [0.15, 0.2) is 5.13 Å². The second-order valence-electron chi connectivity index (χ2n) is 4.61. The van der Waals surface area contributed by atoms with E-state index in [0.717, 1.165) is 21.5 Å². The number of aromatic nitrogens is 2. The van der Waals surface area contributed by atoms with Gasteiger partial charge in [-0.05, 0) is 43.7 Å². The van der Waals surface area contributed by atoms with Crippen LogP contribution in [0.4, 0.5) is 5.13 Å². The number of para-hydroxylation sites is 1. The number of hydrogen-bond acceptors (Lipinski definition) is 4. The number of thiazole rings is 1. The summed E-state index contributed by atoms with van der Waals surface area (Å²) in [5.41, 5.74) is 3.16. The molecule has 0 bridgehead atoms. The lowest BCUT2D eigenvalue weighted by atomic mass is 10.2. The Labute approximate surface area is 120 Å². The maximum absolute atomic E-state index is 12.2. The van der Waals surface area contributed by atoms with Crippen LogP contribution in [-0.4, -0.2) is 15.9 Å². The van der Waals surface area contributed by atoms with Crippen molar-refractivity contribution in [3.05, 3.63) is 53.3 Å². The highest BCUT2D eigenvalue weighted by Crippen LogP contribution is 2.25. The smallest absolute Gasteiger partial charge is 0.276 e. The lowest BCUT2D eigenvalue weighted by Crippen LogP contribution is -2.14. The fraction of sp³-hybridized carbons (Fsp3) is 0.133. The Bertz CT molecular complexity index is 741.